The van der Waals surface area contributed by atoms with E-state index in [9.17, 15) is 9.59 Å². The molecule has 29 heavy (non-hydrogen) atoms. The maximum absolute atomic E-state index is 12.6. The highest BCUT2D eigenvalue weighted by atomic mass is 16.5. The molecule has 0 fully saturated rings. The Bertz CT molecular complexity index is 778. The van der Waals surface area contributed by atoms with Gasteiger partial charge in [0, 0.05) is 18.2 Å². The minimum absolute atomic E-state index is 0.0471. The van der Waals surface area contributed by atoms with E-state index in [1.807, 2.05) is 32.2 Å². The molecule has 6 heteroatoms. The third kappa shape index (κ3) is 6.91. The first-order chi connectivity index (χ1) is 13.9. The summed E-state index contributed by atoms with van der Waals surface area (Å²) < 4.78 is 5.11. The van der Waals surface area contributed by atoms with Crippen molar-refractivity contribution in [3.8, 4) is 5.75 Å². The fourth-order valence-electron chi connectivity index (χ4n) is 3.11. The van der Waals surface area contributed by atoms with Crippen LogP contribution in [0.15, 0.2) is 54.6 Å². The van der Waals surface area contributed by atoms with Crippen LogP contribution in [-0.4, -0.2) is 45.1 Å². The average Bonchev–Trinajstić information content (AvgIpc) is 2.74. The molecule has 3 N–H and O–H groups in total. The molecular weight excluding hydrogens is 366 g/mol. The zero-order valence-corrected chi connectivity index (χ0v) is 17.7. The van der Waals surface area contributed by atoms with E-state index in [0.717, 1.165) is 17.1 Å². The molecule has 0 aliphatic rings. The number of likely N-dealkylation sites (N-methyl/N-ethyl adjacent to an activating group) is 1. The molecule has 0 aliphatic heterocycles. The molecule has 1 unspecified atom stereocenters. The Morgan fingerprint density at radius 2 is 1.72 bits per heavy atom. The van der Waals surface area contributed by atoms with E-state index in [4.69, 9.17) is 4.74 Å². The van der Waals surface area contributed by atoms with E-state index in [2.05, 4.69) is 29.7 Å². The van der Waals surface area contributed by atoms with Crippen molar-refractivity contribution in [1.29, 1.82) is 0 Å². The van der Waals surface area contributed by atoms with Crippen LogP contribution in [0.1, 0.15) is 31.7 Å². The van der Waals surface area contributed by atoms with Gasteiger partial charge in [-0.15, -0.1) is 0 Å². The van der Waals surface area contributed by atoms with E-state index >= 15 is 0 Å². The Kier molecular flexibility index (Phi) is 8.68. The lowest BCUT2D eigenvalue weighted by Crippen LogP contribution is -3.15. The molecule has 2 rings (SSSR count). The highest BCUT2D eigenvalue weighted by Gasteiger charge is 2.24. The Balaban J connectivity index is 1.82. The van der Waals surface area contributed by atoms with Gasteiger partial charge in [0.25, 0.3) is 11.8 Å². The van der Waals surface area contributed by atoms with Gasteiger partial charge in [-0.3, -0.25) is 9.59 Å². The number of carbonyl (C=O) groups excluding carboxylic acids is 2. The van der Waals surface area contributed by atoms with Gasteiger partial charge in [-0.25, -0.2) is 0 Å². The van der Waals surface area contributed by atoms with Crippen LogP contribution in [0.2, 0.25) is 0 Å². The van der Waals surface area contributed by atoms with E-state index in [1.165, 1.54) is 5.56 Å². The van der Waals surface area contributed by atoms with Gasteiger partial charge in [0.05, 0.1) is 14.2 Å². The predicted molar refractivity (Wildman–Crippen MR) is 115 cm³/mol. The second-order valence-electron chi connectivity index (χ2n) is 7.28. The van der Waals surface area contributed by atoms with Crippen molar-refractivity contribution in [2.24, 2.45) is 0 Å². The van der Waals surface area contributed by atoms with Crippen molar-refractivity contribution in [2.75, 3.05) is 32.6 Å². The third-order valence-electron chi connectivity index (χ3n) is 5.23. The molecule has 0 radical (unpaired) electrons. The topological polar surface area (TPSA) is 71.9 Å². The second-order valence-corrected chi connectivity index (χ2v) is 7.28. The summed E-state index contributed by atoms with van der Waals surface area (Å²) in [6.07, 6.45) is 0.950. The first-order valence-electron chi connectivity index (χ1n) is 10.0. The number of rotatable bonds is 10. The smallest absolute Gasteiger partial charge is 0.279 e. The van der Waals surface area contributed by atoms with Crippen LogP contribution in [0.5, 0.6) is 5.75 Å². The van der Waals surface area contributed by atoms with Crippen LogP contribution < -0.4 is 20.3 Å². The number of carbonyl (C=O) groups is 2. The number of anilines is 1. The number of quaternary nitrogens is 1. The van der Waals surface area contributed by atoms with Gasteiger partial charge in [-0.2, -0.15) is 0 Å². The van der Waals surface area contributed by atoms with Gasteiger partial charge in [0.2, 0.25) is 0 Å². The van der Waals surface area contributed by atoms with Gasteiger partial charge >= 0.3 is 0 Å². The average molecular weight is 399 g/mol. The van der Waals surface area contributed by atoms with Crippen LogP contribution in [0.3, 0.4) is 0 Å². The predicted octanol–water partition coefficient (Wildman–Crippen LogP) is 1.85. The van der Waals surface area contributed by atoms with Crippen LogP contribution >= 0.6 is 0 Å². The number of amides is 2. The lowest BCUT2D eigenvalue weighted by atomic mass is 9.96. The van der Waals surface area contributed by atoms with Crippen molar-refractivity contribution < 1.29 is 19.2 Å². The number of hydrogen-bond donors (Lipinski definition) is 3. The molecule has 156 valence electrons. The second kappa shape index (κ2) is 11.2. The summed E-state index contributed by atoms with van der Waals surface area (Å²) >= 11 is 0. The first-order valence-corrected chi connectivity index (χ1v) is 10.0. The highest BCUT2D eigenvalue weighted by Crippen LogP contribution is 2.18. The van der Waals surface area contributed by atoms with Crippen LogP contribution in [0, 0.1) is 0 Å². The lowest BCUT2D eigenvalue weighted by Gasteiger charge is -2.22. The van der Waals surface area contributed by atoms with E-state index < -0.39 is 0 Å². The molecule has 6 nitrogen and oxygen atoms in total. The summed E-state index contributed by atoms with van der Waals surface area (Å²) in [6, 6.07) is 17.0. The lowest BCUT2D eigenvalue weighted by molar-refractivity contribution is -0.885. The summed E-state index contributed by atoms with van der Waals surface area (Å²) in [5.74, 6) is 0.833. The van der Waals surface area contributed by atoms with Crippen molar-refractivity contribution in [3.05, 3.63) is 60.2 Å². The zero-order valence-electron chi connectivity index (χ0n) is 17.7. The molecule has 0 saturated carbocycles. The quantitative estimate of drug-likeness (QED) is 0.572. The molecule has 2 amide bonds. The van der Waals surface area contributed by atoms with Crippen molar-refractivity contribution in [1.82, 2.24) is 5.32 Å². The van der Waals surface area contributed by atoms with E-state index in [-0.39, 0.29) is 30.3 Å². The van der Waals surface area contributed by atoms with E-state index in [0.29, 0.717) is 12.2 Å². The Morgan fingerprint density at radius 3 is 2.31 bits per heavy atom. The van der Waals surface area contributed by atoms with Crippen molar-refractivity contribution in [2.45, 2.75) is 32.2 Å². The third-order valence-corrected chi connectivity index (χ3v) is 5.23. The van der Waals surface area contributed by atoms with Crippen LogP contribution in [-0.2, 0) is 9.59 Å². The monoisotopic (exact) mass is 398 g/mol. The van der Waals surface area contributed by atoms with Crippen LogP contribution in [0.25, 0.3) is 0 Å². The Morgan fingerprint density at radius 1 is 1.07 bits per heavy atom. The number of benzene rings is 2. The maximum atomic E-state index is 12.6. The largest absolute Gasteiger partial charge is 0.497 e. The molecule has 3 atom stereocenters. The Hall–Kier alpha value is -2.86. The highest BCUT2D eigenvalue weighted by molar-refractivity contribution is 5.91. The minimum atomic E-state index is -0.329. The Labute approximate surface area is 173 Å². The van der Waals surface area contributed by atoms with Gasteiger partial charge in [0.15, 0.2) is 12.6 Å². The standard InChI is InChI=1S/C23H31N3O3/c1-5-18(19-9-7-6-8-10-19)15-24-23(28)17(2)26(3)16-22(27)25-20-11-13-21(29-4)14-12-20/h6-14,17-18H,5,15-16H2,1-4H3,(H,24,28)(H,25,27)/p+1/t17-,18-/m1/s1. The summed E-state index contributed by atoms with van der Waals surface area (Å²) in [7, 11) is 3.45. The van der Waals surface area contributed by atoms with Crippen molar-refractivity contribution in [3.63, 3.8) is 0 Å². The summed E-state index contributed by atoms with van der Waals surface area (Å²) in [6.45, 7) is 4.76. The molecule has 0 saturated heterocycles. The van der Waals surface area contributed by atoms with Crippen LogP contribution in [0.4, 0.5) is 5.69 Å². The fourth-order valence-corrected chi connectivity index (χ4v) is 3.11. The number of ether oxygens (including phenoxy) is 1. The first kappa shape index (κ1) is 22.4. The zero-order chi connectivity index (χ0) is 21.2. The fraction of sp³-hybridized carbons (Fsp3) is 0.391. The molecule has 0 heterocycles. The molecule has 0 bridgehead atoms. The molecule has 0 aromatic heterocycles. The molecular formula is C23H32N3O3+. The summed E-state index contributed by atoms with van der Waals surface area (Å²) in [4.78, 5) is 25.7. The molecule has 0 aliphatic carbocycles. The minimum Gasteiger partial charge on any atom is -0.497 e. The van der Waals surface area contributed by atoms with E-state index in [1.54, 1.807) is 31.4 Å². The van der Waals surface area contributed by atoms with Gasteiger partial charge in [0.1, 0.15) is 5.75 Å². The van der Waals surface area contributed by atoms with Gasteiger partial charge in [-0.1, -0.05) is 37.3 Å². The SMILES string of the molecule is CC[C@H](CNC(=O)[C@@H](C)[NH+](C)CC(=O)Nc1ccc(OC)cc1)c1ccccc1. The summed E-state index contributed by atoms with van der Waals surface area (Å²) in [5.41, 5.74) is 1.93. The molecule has 2 aromatic rings. The maximum Gasteiger partial charge on any atom is 0.279 e. The molecule has 2 aromatic carbocycles. The summed E-state index contributed by atoms with van der Waals surface area (Å²) in [5, 5.41) is 5.89. The van der Waals surface area contributed by atoms with Gasteiger partial charge < -0.3 is 20.3 Å². The van der Waals surface area contributed by atoms with Gasteiger partial charge in [-0.05, 0) is 43.2 Å². The number of methoxy groups -OCH3 is 1. The molecule has 0 spiro atoms. The number of nitrogens with one attached hydrogen (secondary N) is 3. The normalized spacial score (nSPS) is 13.8. The number of hydrogen-bond acceptors (Lipinski definition) is 3. The van der Waals surface area contributed by atoms with Crippen molar-refractivity contribution >= 4 is 17.5 Å².